The number of carbonyl (C=O) groups is 3. The van der Waals surface area contributed by atoms with Crippen LogP contribution in [-0.4, -0.2) is 17.7 Å². The van der Waals surface area contributed by atoms with Gasteiger partial charge in [0.25, 0.3) is 5.91 Å². The Morgan fingerprint density at radius 3 is 2.33 bits per heavy atom. The first-order valence-corrected chi connectivity index (χ1v) is 17.6. The number of anilines is 1. The number of fused-ring (bicyclic) bond motifs is 3. The second-order valence-corrected chi connectivity index (χ2v) is 13.9. The molecular weight excluding hydrogens is 641 g/mol. The van der Waals surface area contributed by atoms with Crippen LogP contribution in [0.1, 0.15) is 69.0 Å². The van der Waals surface area contributed by atoms with Gasteiger partial charge in [-0.15, -0.1) is 0 Å². The van der Waals surface area contributed by atoms with Gasteiger partial charge in [0, 0.05) is 33.0 Å². The van der Waals surface area contributed by atoms with Crippen LogP contribution in [0.2, 0.25) is 10.0 Å². The number of carbonyl (C=O) groups excluding carboxylic acids is 3. The van der Waals surface area contributed by atoms with Gasteiger partial charge in [0.1, 0.15) is 6.04 Å². The topological polar surface area (TPSA) is 92.5 Å². The van der Waals surface area contributed by atoms with Crippen molar-refractivity contribution in [2.24, 2.45) is 23.5 Å². The SMILES string of the molecule is CCC[C@H](C(N)=O)[C@@H](CC1CCCC1)C(=O)N[C@@H]1C(=O)N(Cc2cccc(-c3ccc(Cl)cc3Cl)c2)c2ccccc2-c2ccccc21. The lowest BCUT2D eigenvalue weighted by molar-refractivity contribution is -0.136. The highest BCUT2D eigenvalue weighted by Gasteiger charge is 2.39. The van der Waals surface area contributed by atoms with Crippen LogP contribution in [-0.2, 0) is 20.9 Å². The predicted molar refractivity (Wildman–Crippen MR) is 194 cm³/mol. The molecule has 48 heavy (non-hydrogen) atoms. The Hall–Kier alpha value is -4.13. The summed E-state index contributed by atoms with van der Waals surface area (Å²) in [6.07, 6.45) is 6.18. The molecule has 8 heteroatoms. The van der Waals surface area contributed by atoms with Gasteiger partial charge in [-0.05, 0) is 65.3 Å². The fourth-order valence-corrected chi connectivity index (χ4v) is 8.06. The van der Waals surface area contributed by atoms with E-state index in [4.69, 9.17) is 28.9 Å². The van der Waals surface area contributed by atoms with Gasteiger partial charge in [0.05, 0.1) is 12.2 Å². The smallest absolute Gasteiger partial charge is 0.254 e. The average Bonchev–Trinajstić information content (AvgIpc) is 3.58. The number of rotatable bonds is 11. The number of para-hydroxylation sites is 1. The number of halogens is 2. The van der Waals surface area contributed by atoms with Gasteiger partial charge in [-0.2, -0.15) is 0 Å². The van der Waals surface area contributed by atoms with Crippen LogP contribution in [0.4, 0.5) is 5.69 Å². The van der Waals surface area contributed by atoms with E-state index >= 15 is 0 Å². The molecule has 1 aliphatic carbocycles. The number of hydrogen-bond donors (Lipinski definition) is 2. The van der Waals surface area contributed by atoms with Gasteiger partial charge in [-0.3, -0.25) is 14.4 Å². The lowest BCUT2D eigenvalue weighted by Gasteiger charge is -2.30. The maximum atomic E-state index is 14.8. The van der Waals surface area contributed by atoms with E-state index in [-0.39, 0.29) is 18.4 Å². The summed E-state index contributed by atoms with van der Waals surface area (Å²) in [5.74, 6) is -1.84. The summed E-state index contributed by atoms with van der Waals surface area (Å²) < 4.78 is 0. The number of nitrogens with one attached hydrogen (secondary N) is 1. The molecular formula is C40H41Cl2N3O3. The van der Waals surface area contributed by atoms with Crippen molar-refractivity contribution in [1.29, 1.82) is 0 Å². The summed E-state index contributed by atoms with van der Waals surface area (Å²) in [5.41, 5.74) is 11.8. The van der Waals surface area contributed by atoms with Crippen molar-refractivity contribution in [3.05, 3.63) is 112 Å². The summed E-state index contributed by atoms with van der Waals surface area (Å²) in [6, 6.07) is 27.9. The number of nitrogens with two attached hydrogens (primary N) is 1. The maximum Gasteiger partial charge on any atom is 0.254 e. The molecule has 1 aliphatic heterocycles. The molecule has 4 aromatic carbocycles. The third-order valence-corrected chi connectivity index (χ3v) is 10.5. The van der Waals surface area contributed by atoms with E-state index < -0.39 is 23.8 Å². The Kier molecular flexibility index (Phi) is 10.5. The summed E-state index contributed by atoms with van der Waals surface area (Å²) in [4.78, 5) is 43.7. The van der Waals surface area contributed by atoms with E-state index in [1.54, 1.807) is 17.0 Å². The molecule has 248 valence electrons. The molecule has 3 atom stereocenters. The van der Waals surface area contributed by atoms with E-state index in [9.17, 15) is 14.4 Å². The third-order valence-electron chi connectivity index (χ3n) is 9.92. The summed E-state index contributed by atoms with van der Waals surface area (Å²) >= 11 is 12.7. The molecule has 0 bridgehead atoms. The lowest BCUT2D eigenvalue weighted by atomic mass is 9.80. The van der Waals surface area contributed by atoms with Gasteiger partial charge in [0.2, 0.25) is 11.8 Å². The van der Waals surface area contributed by atoms with Gasteiger partial charge in [-0.25, -0.2) is 0 Å². The fourth-order valence-electron chi connectivity index (χ4n) is 7.55. The van der Waals surface area contributed by atoms with E-state index in [0.717, 1.165) is 71.2 Å². The molecule has 1 heterocycles. The monoisotopic (exact) mass is 681 g/mol. The molecule has 1 fully saturated rings. The molecule has 6 rings (SSSR count). The highest BCUT2D eigenvalue weighted by Crippen LogP contribution is 2.42. The molecule has 0 spiro atoms. The molecule has 0 unspecified atom stereocenters. The van der Waals surface area contributed by atoms with Crippen molar-refractivity contribution in [1.82, 2.24) is 5.32 Å². The van der Waals surface area contributed by atoms with Crippen LogP contribution in [0, 0.1) is 17.8 Å². The Balaban J connectivity index is 1.38. The first kappa shape index (κ1) is 33.8. The van der Waals surface area contributed by atoms with Gasteiger partial charge in [-0.1, -0.05) is 129 Å². The van der Waals surface area contributed by atoms with Crippen LogP contribution in [0.3, 0.4) is 0 Å². The second kappa shape index (κ2) is 15.0. The third kappa shape index (κ3) is 7.15. The normalized spacial score (nSPS) is 17.3. The Labute approximate surface area is 292 Å². The van der Waals surface area contributed by atoms with Crippen molar-refractivity contribution >= 4 is 46.6 Å². The van der Waals surface area contributed by atoms with Crippen molar-refractivity contribution < 1.29 is 14.4 Å². The first-order chi connectivity index (χ1) is 23.2. The number of hydrogen-bond acceptors (Lipinski definition) is 3. The number of primary amides is 1. The minimum Gasteiger partial charge on any atom is -0.369 e. The summed E-state index contributed by atoms with van der Waals surface area (Å²) in [5, 5.41) is 4.26. The number of amides is 3. The van der Waals surface area contributed by atoms with Crippen LogP contribution in [0.25, 0.3) is 22.3 Å². The van der Waals surface area contributed by atoms with E-state index in [1.165, 1.54) is 0 Å². The Morgan fingerprint density at radius 1 is 0.875 bits per heavy atom. The van der Waals surface area contributed by atoms with Crippen LogP contribution in [0.15, 0.2) is 91.0 Å². The zero-order valence-corrected chi connectivity index (χ0v) is 28.6. The predicted octanol–water partition coefficient (Wildman–Crippen LogP) is 9.13. The molecule has 3 amide bonds. The quantitative estimate of drug-likeness (QED) is 0.165. The fraction of sp³-hybridized carbons (Fsp3) is 0.325. The van der Waals surface area contributed by atoms with Crippen molar-refractivity contribution in [2.45, 2.75) is 64.5 Å². The molecule has 6 nitrogen and oxygen atoms in total. The van der Waals surface area contributed by atoms with Crippen molar-refractivity contribution in [2.75, 3.05) is 4.90 Å². The molecule has 0 radical (unpaired) electrons. The molecule has 3 N–H and O–H groups in total. The average molecular weight is 683 g/mol. The van der Waals surface area contributed by atoms with E-state index in [0.29, 0.717) is 28.8 Å². The lowest BCUT2D eigenvalue weighted by Crippen LogP contribution is -2.47. The summed E-state index contributed by atoms with van der Waals surface area (Å²) in [6.45, 7) is 2.26. The van der Waals surface area contributed by atoms with Gasteiger partial charge in [0.15, 0.2) is 0 Å². The summed E-state index contributed by atoms with van der Waals surface area (Å²) in [7, 11) is 0. The second-order valence-electron chi connectivity index (χ2n) is 13.1. The van der Waals surface area contributed by atoms with E-state index in [2.05, 4.69) is 5.32 Å². The number of benzene rings is 4. The zero-order chi connectivity index (χ0) is 33.8. The first-order valence-electron chi connectivity index (χ1n) is 16.9. The minimum absolute atomic E-state index is 0.249. The van der Waals surface area contributed by atoms with Crippen LogP contribution in [0.5, 0.6) is 0 Å². The Morgan fingerprint density at radius 2 is 1.60 bits per heavy atom. The largest absolute Gasteiger partial charge is 0.369 e. The molecule has 0 aromatic heterocycles. The zero-order valence-electron chi connectivity index (χ0n) is 27.1. The van der Waals surface area contributed by atoms with E-state index in [1.807, 2.05) is 85.8 Å². The highest BCUT2D eigenvalue weighted by molar-refractivity contribution is 6.36. The highest BCUT2D eigenvalue weighted by atomic mass is 35.5. The minimum atomic E-state index is -0.962. The standard InChI is InChI=1S/C40H41Cl2N3O3/c1-2-10-33(38(43)46)34(22-25-11-3-4-12-25)39(47)44-37-32-17-6-5-15-30(32)31-16-7-8-18-36(31)45(40(37)48)24-26-13-9-14-27(21-26)29-20-19-28(41)23-35(29)42/h5-9,13-21,23,25,33-34,37H,2-4,10-12,22,24H2,1H3,(H2,43,46)(H,44,47)/t33-,34+,37-/m0/s1. The molecule has 0 saturated heterocycles. The van der Waals surface area contributed by atoms with Crippen molar-refractivity contribution in [3.63, 3.8) is 0 Å². The van der Waals surface area contributed by atoms with Crippen molar-refractivity contribution in [3.8, 4) is 22.3 Å². The molecule has 1 saturated carbocycles. The Bertz CT molecular complexity index is 1820. The van der Waals surface area contributed by atoms with Crippen LogP contribution >= 0.6 is 23.2 Å². The van der Waals surface area contributed by atoms with Gasteiger partial charge >= 0.3 is 0 Å². The number of nitrogens with zero attached hydrogens (tertiary/aromatic N) is 1. The molecule has 2 aliphatic rings. The molecule has 4 aromatic rings. The van der Waals surface area contributed by atoms with Gasteiger partial charge < -0.3 is 16.0 Å². The van der Waals surface area contributed by atoms with Crippen LogP contribution < -0.4 is 16.0 Å². The maximum absolute atomic E-state index is 14.8.